The first-order chi connectivity index (χ1) is 10.6. The van der Waals surface area contributed by atoms with E-state index < -0.39 is 0 Å². The first-order valence-electron chi connectivity index (χ1n) is 7.73. The minimum atomic E-state index is 0.225. The molecule has 2 N–H and O–H groups in total. The van der Waals surface area contributed by atoms with E-state index in [-0.39, 0.29) is 6.04 Å². The molecule has 0 heterocycles. The minimum absolute atomic E-state index is 0.225. The molecule has 22 heavy (non-hydrogen) atoms. The summed E-state index contributed by atoms with van der Waals surface area (Å²) >= 11 is 0. The largest absolute Gasteiger partial charge is 0.383 e. The van der Waals surface area contributed by atoms with Gasteiger partial charge in [-0.05, 0) is 33.0 Å². The zero-order chi connectivity index (χ0) is 16.4. The van der Waals surface area contributed by atoms with E-state index in [2.05, 4.69) is 71.9 Å². The molecule has 5 heteroatoms. The van der Waals surface area contributed by atoms with E-state index in [1.54, 1.807) is 14.2 Å². The Morgan fingerprint density at radius 2 is 1.95 bits per heavy atom. The standard InChI is InChI=1S/C17H30N4O/c1-14(13-22-5)20-17(18-2)19-12-16(21(3)4)11-15-9-7-6-8-10-15/h6-10,14,16H,11-13H2,1-5H3,(H2,18,19,20). The van der Waals surface area contributed by atoms with Crippen LogP contribution in [0.25, 0.3) is 0 Å². The molecule has 1 aromatic carbocycles. The van der Waals surface area contributed by atoms with E-state index in [4.69, 9.17) is 4.74 Å². The average Bonchev–Trinajstić information content (AvgIpc) is 2.51. The van der Waals surface area contributed by atoms with Gasteiger partial charge in [0.05, 0.1) is 6.61 Å². The van der Waals surface area contributed by atoms with Crippen molar-refractivity contribution in [2.24, 2.45) is 4.99 Å². The van der Waals surface area contributed by atoms with Crippen molar-refractivity contribution in [2.75, 3.05) is 41.4 Å². The lowest BCUT2D eigenvalue weighted by molar-refractivity contribution is 0.179. The molecule has 0 amide bonds. The van der Waals surface area contributed by atoms with Crippen molar-refractivity contribution >= 4 is 5.96 Å². The number of nitrogens with one attached hydrogen (secondary N) is 2. The lowest BCUT2D eigenvalue weighted by Crippen LogP contribution is -2.48. The Labute approximate surface area is 134 Å². The molecule has 0 aromatic heterocycles. The Hall–Kier alpha value is -1.59. The van der Waals surface area contributed by atoms with Crippen molar-refractivity contribution in [3.63, 3.8) is 0 Å². The van der Waals surface area contributed by atoms with Crippen LogP contribution in [0.4, 0.5) is 0 Å². The Morgan fingerprint density at radius 3 is 2.50 bits per heavy atom. The maximum atomic E-state index is 5.14. The number of benzene rings is 1. The van der Waals surface area contributed by atoms with Gasteiger partial charge in [-0.2, -0.15) is 0 Å². The Bertz CT molecular complexity index is 434. The Balaban J connectivity index is 2.52. The van der Waals surface area contributed by atoms with Crippen LogP contribution < -0.4 is 10.6 Å². The Morgan fingerprint density at radius 1 is 1.27 bits per heavy atom. The molecule has 0 radical (unpaired) electrons. The number of nitrogens with zero attached hydrogens (tertiary/aromatic N) is 2. The molecule has 1 rings (SSSR count). The number of ether oxygens (including phenoxy) is 1. The molecule has 0 saturated carbocycles. The first-order valence-corrected chi connectivity index (χ1v) is 7.73. The maximum Gasteiger partial charge on any atom is 0.191 e. The molecular weight excluding hydrogens is 276 g/mol. The van der Waals surface area contributed by atoms with Crippen LogP contribution in [0.2, 0.25) is 0 Å². The minimum Gasteiger partial charge on any atom is -0.383 e. The summed E-state index contributed by atoms with van der Waals surface area (Å²) in [6.45, 7) is 3.56. The monoisotopic (exact) mass is 306 g/mol. The van der Waals surface area contributed by atoms with Gasteiger partial charge >= 0.3 is 0 Å². The quantitative estimate of drug-likeness (QED) is 0.562. The summed E-state index contributed by atoms with van der Waals surface area (Å²) in [5, 5.41) is 6.72. The summed E-state index contributed by atoms with van der Waals surface area (Å²) in [6, 6.07) is 11.2. The molecule has 2 atom stereocenters. The Kier molecular flexibility index (Phi) is 8.55. The van der Waals surface area contributed by atoms with Crippen LogP contribution in [0.15, 0.2) is 35.3 Å². The van der Waals surface area contributed by atoms with E-state index in [1.165, 1.54) is 5.56 Å². The second kappa shape index (κ2) is 10.2. The number of likely N-dealkylation sites (N-methyl/N-ethyl adjacent to an activating group) is 1. The van der Waals surface area contributed by atoms with E-state index in [0.29, 0.717) is 12.6 Å². The zero-order valence-electron chi connectivity index (χ0n) is 14.5. The second-order valence-corrected chi connectivity index (χ2v) is 5.76. The van der Waals surface area contributed by atoms with Crippen LogP contribution in [0.3, 0.4) is 0 Å². The number of hydrogen-bond acceptors (Lipinski definition) is 3. The van der Waals surface area contributed by atoms with Crippen molar-refractivity contribution in [1.29, 1.82) is 0 Å². The topological polar surface area (TPSA) is 48.9 Å². The summed E-state index contributed by atoms with van der Waals surface area (Å²) in [7, 11) is 7.71. The molecule has 0 spiro atoms. The summed E-state index contributed by atoms with van der Waals surface area (Å²) in [5.41, 5.74) is 1.35. The van der Waals surface area contributed by atoms with Crippen LogP contribution in [-0.4, -0.2) is 64.3 Å². The summed E-state index contributed by atoms with van der Waals surface area (Å²) in [5.74, 6) is 0.810. The van der Waals surface area contributed by atoms with Crippen LogP contribution in [-0.2, 0) is 11.2 Å². The second-order valence-electron chi connectivity index (χ2n) is 5.76. The third-order valence-corrected chi connectivity index (χ3v) is 3.57. The predicted molar refractivity (Wildman–Crippen MR) is 93.5 cm³/mol. The van der Waals surface area contributed by atoms with Crippen molar-refractivity contribution in [3.8, 4) is 0 Å². The van der Waals surface area contributed by atoms with Gasteiger partial charge < -0.3 is 20.3 Å². The van der Waals surface area contributed by atoms with E-state index in [9.17, 15) is 0 Å². The molecule has 0 aliphatic rings. The van der Waals surface area contributed by atoms with Gasteiger partial charge in [0.25, 0.3) is 0 Å². The fourth-order valence-corrected chi connectivity index (χ4v) is 2.26. The normalized spacial score (nSPS) is 14.7. The molecule has 5 nitrogen and oxygen atoms in total. The first kappa shape index (κ1) is 18.5. The summed E-state index contributed by atoms with van der Waals surface area (Å²) in [6.07, 6.45) is 1.01. The van der Waals surface area contributed by atoms with Crippen LogP contribution in [0.5, 0.6) is 0 Å². The molecule has 1 aromatic rings. The van der Waals surface area contributed by atoms with Gasteiger partial charge in [0.1, 0.15) is 0 Å². The summed E-state index contributed by atoms with van der Waals surface area (Å²) in [4.78, 5) is 6.51. The third-order valence-electron chi connectivity index (χ3n) is 3.57. The molecule has 124 valence electrons. The third kappa shape index (κ3) is 6.91. The molecule has 0 aliphatic heterocycles. The number of hydrogen-bond donors (Lipinski definition) is 2. The molecule has 0 fully saturated rings. The van der Waals surface area contributed by atoms with Crippen molar-refractivity contribution in [1.82, 2.24) is 15.5 Å². The molecule has 0 saturated heterocycles. The SMILES string of the molecule is CN=C(NCC(Cc1ccccc1)N(C)C)NC(C)COC. The summed E-state index contributed by atoms with van der Waals surface area (Å²) < 4.78 is 5.14. The van der Waals surface area contributed by atoms with Gasteiger partial charge in [0.15, 0.2) is 5.96 Å². The van der Waals surface area contributed by atoms with Crippen LogP contribution in [0, 0.1) is 0 Å². The highest BCUT2D eigenvalue weighted by Gasteiger charge is 2.13. The molecular formula is C17H30N4O. The molecule has 0 bridgehead atoms. The van der Waals surface area contributed by atoms with Gasteiger partial charge in [-0.15, -0.1) is 0 Å². The van der Waals surface area contributed by atoms with Crippen LogP contribution in [0.1, 0.15) is 12.5 Å². The zero-order valence-corrected chi connectivity index (χ0v) is 14.5. The van der Waals surface area contributed by atoms with Gasteiger partial charge in [0, 0.05) is 32.8 Å². The van der Waals surface area contributed by atoms with E-state index >= 15 is 0 Å². The van der Waals surface area contributed by atoms with Crippen molar-refractivity contribution < 1.29 is 4.74 Å². The van der Waals surface area contributed by atoms with Gasteiger partial charge in [-0.1, -0.05) is 30.3 Å². The maximum absolute atomic E-state index is 5.14. The van der Waals surface area contributed by atoms with Crippen molar-refractivity contribution in [2.45, 2.75) is 25.4 Å². The molecule has 2 unspecified atom stereocenters. The van der Waals surface area contributed by atoms with Gasteiger partial charge in [-0.3, -0.25) is 4.99 Å². The van der Waals surface area contributed by atoms with E-state index in [0.717, 1.165) is 18.9 Å². The average molecular weight is 306 g/mol. The highest BCUT2D eigenvalue weighted by atomic mass is 16.5. The lowest BCUT2D eigenvalue weighted by Gasteiger charge is -2.26. The fourth-order valence-electron chi connectivity index (χ4n) is 2.26. The number of rotatable bonds is 8. The number of guanidine groups is 1. The van der Waals surface area contributed by atoms with Gasteiger partial charge in [-0.25, -0.2) is 0 Å². The highest BCUT2D eigenvalue weighted by Crippen LogP contribution is 2.06. The van der Waals surface area contributed by atoms with Gasteiger partial charge in [0.2, 0.25) is 0 Å². The fraction of sp³-hybridized carbons (Fsp3) is 0.588. The van der Waals surface area contributed by atoms with Crippen molar-refractivity contribution in [3.05, 3.63) is 35.9 Å². The number of aliphatic imine (C=N–C) groups is 1. The predicted octanol–water partition coefficient (Wildman–Crippen LogP) is 1.36. The lowest BCUT2D eigenvalue weighted by atomic mass is 10.1. The van der Waals surface area contributed by atoms with E-state index in [1.807, 2.05) is 0 Å². The smallest absolute Gasteiger partial charge is 0.191 e. The highest BCUT2D eigenvalue weighted by molar-refractivity contribution is 5.79. The molecule has 0 aliphatic carbocycles. The van der Waals surface area contributed by atoms with Crippen LogP contribution >= 0.6 is 0 Å². The number of methoxy groups -OCH3 is 1.